The van der Waals surface area contributed by atoms with E-state index in [1.807, 2.05) is 0 Å². The van der Waals surface area contributed by atoms with E-state index in [1.165, 1.54) is 12.1 Å². The largest absolute Gasteiger partial charge is 0.369 e. The summed E-state index contributed by atoms with van der Waals surface area (Å²) in [6, 6.07) is 10.4. The van der Waals surface area contributed by atoms with E-state index in [9.17, 15) is 14.5 Å². The molecular weight excluding hydrogens is 347 g/mol. The molecule has 0 aliphatic carbocycles. The highest BCUT2D eigenvalue weighted by molar-refractivity contribution is 5.71. The van der Waals surface area contributed by atoms with Crippen LogP contribution in [0.25, 0.3) is 0 Å². The van der Waals surface area contributed by atoms with Crippen LogP contribution in [0.1, 0.15) is 18.4 Å². The van der Waals surface area contributed by atoms with E-state index < -0.39 is 4.92 Å². The minimum Gasteiger partial charge on any atom is -0.369 e. The van der Waals surface area contributed by atoms with Gasteiger partial charge < -0.3 is 15.1 Å². The van der Waals surface area contributed by atoms with Gasteiger partial charge in [-0.2, -0.15) is 0 Å². The average molecular weight is 372 g/mol. The van der Waals surface area contributed by atoms with Crippen molar-refractivity contribution in [2.24, 2.45) is 0 Å². The molecule has 1 aliphatic heterocycles. The van der Waals surface area contributed by atoms with Gasteiger partial charge in [-0.1, -0.05) is 6.07 Å². The predicted molar refractivity (Wildman–Crippen MR) is 106 cm³/mol. The Labute approximate surface area is 158 Å². The summed E-state index contributed by atoms with van der Waals surface area (Å²) in [7, 11) is 4.15. The molecule has 0 unspecified atom stereocenters. The quantitative estimate of drug-likeness (QED) is 0.626. The van der Waals surface area contributed by atoms with Crippen molar-refractivity contribution in [2.45, 2.75) is 25.8 Å². The van der Waals surface area contributed by atoms with Crippen LogP contribution in [-0.4, -0.2) is 43.0 Å². The number of nitrogens with zero attached hydrogens (tertiary/aromatic N) is 3. The number of nitro groups is 1. The van der Waals surface area contributed by atoms with Gasteiger partial charge in [0.2, 0.25) is 0 Å². The fraction of sp³-hybridized carbons (Fsp3) is 0.400. The molecule has 0 saturated carbocycles. The molecule has 1 aliphatic rings. The van der Waals surface area contributed by atoms with Gasteiger partial charge in [0.15, 0.2) is 0 Å². The number of hydrogen-bond donors (Lipinski definition) is 1. The first kappa shape index (κ1) is 19.1. The predicted octanol–water partition coefficient (Wildman–Crippen LogP) is 4.32. The van der Waals surface area contributed by atoms with Crippen LogP contribution < -0.4 is 10.2 Å². The van der Waals surface area contributed by atoms with Gasteiger partial charge in [-0.25, -0.2) is 4.39 Å². The van der Waals surface area contributed by atoms with Crippen LogP contribution in [0.4, 0.5) is 27.1 Å². The zero-order valence-electron chi connectivity index (χ0n) is 15.9. The first-order chi connectivity index (χ1) is 12.8. The monoisotopic (exact) mass is 372 g/mol. The Kier molecular flexibility index (Phi) is 5.60. The summed E-state index contributed by atoms with van der Waals surface area (Å²) in [5.41, 5.74) is 2.20. The van der Waals surface area contributed by atoms with Crippen molar-refractivity contribution >= 4 is 22.7 Å². The summed E-state index contributed by atoms with van der Waals surface area (Å²) >= 11 is 0. The van der Waals surface area contributed by atoms with E-state index in [2.05, 4.69) is 29.2 Å². The van der Waals surface area contributed by atoms with Gasteiger partial charge >= 0.3 is 0 Å². The second kappa shape index (κ2) is 7.92. The lowest BCUT2D eigenvalue weighted by Crippen LogP contribution is -2.42. The van der Waals surface area contributed by atoms with Crippen LogP contribution in [0.2, 0.25) is 0 Å². The Morgan fingerprint density at radius 1 is 1.19 bits per heavy atom. The molecule has 0 atom stereocenters. The van der Waals surface area contributed by atoms with E-state index in [-0.39, 0.29) is 11.5 Å². The molecule has 0 radical (unpaired) electrons. The van der Waals surface area contributed by atoms with Crippen LogP contribution in [0.5, 0.6) is 0 Å². The standard InChI is InChI=1S/C20H25FN4O2/c1-14-4-6-18(20(12-14)25(26)27)22-15-5-7-19(17(21)13-15)24-10-8-16(9-11-24)23(2)3/h4-7,12-13,16,22H,8-11H2,1-3H3. The maximum absolute atomic E-state index is 14.7. The molecule has 0 spiro atoms. The number of aryl methyl sites for hydroxylation is 1. The molecule has 7 heteroatoms. The lowest BCUT2D eigenvalue weighted by Gasteiger charge is -2.36. The van der Waals surface area contributed by atoms with Crippen molar-refractivity contribution in [3.63, 3.8) is 0 Å². The Morgan fingerprint density at radius 2 is 1.89 bits per heavy atom. The molecule has 144 valence electrons. The number of halogens is 1. The second-order valence-corrected chi connectivity index (χ2v) is 7.25. The summed E-state index contributed by atoms with van der Waals surface area (Å²) in [5, 5.41) is 14.2. The smallest absolute Gasteiger partial charge is 0.292 e. The molecule has 0 aromatic heterocycles. The first-order valence-electron chi connectivity index (χ1n) is 9.08. The number of piperidine rings is 1. The minimum absolute atomic E-state index is 0.0229. The number of nitrogens with one attached hydrogen (secondary N) is 1. The molecule has 1 fully saturated rings. The zero-order chi connectivity index (χ0) is 19.6. The molecule has 27 heavy (non-hydrogen) atoms. The van der Waals surface area contributed by atoms with Crippen LogP contribution in [-0.2, 0) is 0 Å². The van der Waals surface area contributed by atoms with Crippen LogP contribution in [0, 0.1) is 22.9 Å². The van der Waals surface area contributed by atoms with Gasteiger partial charge in [0.1, 0.15) is 11.5 Å². The van der Waals surface area contributed by atoms with Crippen LogP contribution >= 0.6 is 0 Å². The van der Waals surface area contributed by atoms with E-state index in [0.717, 1.165) is 31.5 Å². The van der Waals surface area contributed by atoms with Crippen molar-refractivity contribution in [1.29, 1.82) is 0 Å². The van der Waals surface area contributed by atoms with E-state index in [1.54, 1.807) is 31.2 Å². The molecule has 0 bridgehead atoms. The van der Waals surface area contributed by atoms with E-state index in [0.29, 0.717) is 23.1 Å². The Balaban J connectivity index is 1.75. The third-order valence-electron chi connectivity index (χ3n) is 5.11. The lowest BCUT2D eigenvalue weighted by molar-refractivity contribution is -0.384. The van der Waals surface area contributed by atoms with Gasteiger partial charge in [0, 0.05) is 30.9 Å². The fourth-order valence-electron chi connectivity index (χ4n) is 3.52. The minimum atomic E-state index is -0.436. The highest BCUT2D eigenvalue weighted by Crippen LogP contribution is 2.31. The Morgan fingerprint density at radius 3 is 2.48 bits per heavy atom. The third kappa shape index (κ3) is 4.36. The summed E-state index contributed by atoms with van der Waals surface area (Å²) in [5.74, 6) is -0.321. The normalized spacial score (nSPS) is 15.2. The first-order valence-corrected chi connectivity index (χ1v) is 9.08. The maximum Gasteiger partial charge on any atom is 0.292 e. The van der Waals surface area contributed by atoms with E-state index >= 15 is 0 Å². The van der Waals surface area contributed by atoms with Crippen LogP contribution in [0.15, 0.2) is 36.4 Å². The van der Waals surface area contributed by atoms with Crippen molar-refractivity contribution in [2.75, 3.05) is 37.4 Å². The molecular formula is C20H25FN4O2. The topological polar surface area (TPSA) is 61.6 Å². The van der Waals surface area contributed by atoms with Gasteiger partial charge in [-0.05, 0) is 63.7 Å². The summed E-state index contributed by atoms with van der Waals surface area (Å²) in [4.78, 5) is 15.1. The summed E-state index contributed by atoms with van der Waals surface area (Å²) in [6.45, 7) is 3.43. The number of rotatable bonds is 5. The molecule has 6 nitrogen and oxygen atoms in total. The van der Waals surface area contributed by atoms with Crippen molar-refractivity contribution in [3.8, 4) is 0 Å². The van der Waals surface area contributed by atoms with Crippen molar-refractivity contribution in [3.05, 3.63) is 57.9 Å². The van der Waals surface area contributed by atoms with E-state index in [4.69, 9.17) is 0 Å². The highest BCUT2D eigenvalue weighted by Gasteiger charge is 2.22. The second-order valence-electron chi connectivity index (χ2n) is 7.25. The SMILES string of the molecule is Cc1ccc(Nc2ccc(N3CCC(N(C)C)CC3)c(F)c2)c([N+](=O)[O-])c1. The Hall–Kier alpha value is -2.67. The molecule has 1 N–H and O–H groups in total. The molecule has 0 amide bonds. The van der Waals surface area contributed by atoms with Crippen LogP contribution in [0.3, 0.4) is 0 Å². The number of anilines is 3. The molecule has 2 aromatic rings. The van der Waals surface area contributed by atoms with Gasteiger partial charge in [-0.15, -0.1) is 0 Å². The lowest BCUT2D eigenvalue weighted by atomic mass is 10.0. The summed E-state index contributed by atoms with van der Waals surface area (Å²) in [6.07, 6.45) is 2.00. The molecule has 1 heterocycles. The fourth-order valence-corrected chi connectivity index (χ4v) is 3.52. The maximum atomic E-state index is 14.7. The van der Waals surface area contributed by atoms with Crippen molar-refractivity contribution in [1.82, 2.24) is 4.90 Å². The van der Waals surface area contributed by atoms with Gasteiger partial charge in [0.05, 0.1) is 10.6 Å². The third-order valence-corrected chi connectivity index (χ3v) is 5.11. The Bertz CT molecular complexity index is 833. The average Bonchev–Trinajstić information content (AvgIpc) is 2.63. The van der Waals surface area contributed by atoms with Gasteiger partial charge in [-0.3, -0.25) is 10.1 Å². The van der Waals surface area contributed by atoms with Crippen molar-refractivity contribution < 1.29 is 9.31 Å². The molecule has 1 saturated heterocycles. The molecule has 2 aromatic carbocycles. The number of hydrogen-bond acceptors (Lipinski definition) is 5. The zero-order valence-corrected chi connectivity index (χ0v) is 15.9. The summed E-state index contributed by atoms with van der Waals surface area (Å²) < 4.78 is 14.7. The molecule has 3 rings (SSSR count). The highest BCUT2D eigenvalue weighted by atomic mass is 19.1. The number of benzene rings is 2. The number of nitro benzene ring substituents is 1. The van der Waals surface area contributed by atoms with Gasteiger partial charge in [0.25, 0.3) is 5.69 Å².